The zero-order valence-electron chi connectivity index (χ0n) is 9.22. The van der Waals surface area contributed by atoms with Crippen molar-refractivity contribution in [2.24, 2.45) is 0 Å². The number of carbonyl (C=O) groups is 1. The van der Waals surface area contributed by atoms with Crippen LogP contribution in [0.25, 0.3) is 0 Å². The Morgan fingerprint density at radius 1 is 1.29 bits per heavy atom. The van der Waals surface area contributed by atoms with Gasteiger partial charge in [0, 0.05) is 19.0 Å². The molecule has 86 valence electrons. The minimum Gasteiger partial charge on any atom is -0.454 e. The molecule has 4 heteroatoms. The van der Waals surface area contributed by atoms with E-state index < -0.39 is 5.60 Å². The third kappa shape index (κ3) is 1.53. The molecule has 1 aliphatic rings. The predicted octanol–water partition coefficient (Wildman–Crippen LogP) is 1.58. The van der Waals surface area contributed by atoms with E-state index in [9.17, 15) is 4.79 Å². The number of aromatic nitrogens is 2. The molecule has 0 bridgehead atoms. The molecule has 0 atom stereocenters. The maximum Gasteiger partial charge on any atom is 0.294 e. The second kappa shape index (κ2) is 3.73. The zero-order chi connectivity index (χ0) is 11.7. The van der Waals surface area contributed by atoms with Gasteiger partial charge in [-0.3, -0.25) is 4.79 Å². The van der Waals surface area contributed by atoms with Gasteiger partial charge in [-0.15, -0.1) is 0 Å². The number of hydrogen-bond donors (Lipinski definition) is 1. The van der Waals surface area contributed by atoms with Gasteiger partial charge in [-0.25, -0.2) is 4.98 Å². The number of H-pyrrole nitrogens is 1. The maximum atomic E-state index is 10.8. The number of nitrogens with zero attached hydrogens (tertiary/aromatic N) is 1. The van der Waals surface area contributed by atoms with Gasteiger partial charge in [0.15, 0.2) is 5.60 Å². The lowest BCUT2D eigenvalue weighted by Gasteiger charge is -2.24. The van der Waals surface area contributed by atoms with Crippen molar-refractivity contribution in [1.29, 1.82) is 0 Å². The fourth-order valence-electron chi connectivity index (χ4n) is 2.51. The summed E-state index contributed by atoms with van der Waals surface area (Å²) < 4.78 is 5.35. The van der Waals surface area contributed by atoms with Gasteiger partial charge in [0.05, 0.1) is 6.33 Å². The van der Waals surface area contributed by atoms with Gasteiger partial charge in [0.2, 0.25) is 0 Å². The first-order chi connectivity index (χ1) is 8.34. The molecule has 0 radical (unpaired) electrons. The maximum absolute atomic E-state index is 10.8. The molecule has 0 amide bonds. The van der Waals surface area contributed by atoms with Crippen molar-refractivity contribution in [1.82, 2.24) is 9.97 Å². The summed E-state index contributed by atoms with van der Waals surface area (Å²) in [5.74, 6) is 0. The van der Waals surface area contributed by atoms with Gasteiger partial charge >= 0.3 is 0 Å². The van der Waals surface area contributed by atoms with Crippen LogP contribution >= 0.6 is 0 Å². The largest absolute Gasteiger partial charge is 0.454 e. The predicted molar refractivity (Wildman–Crippen MR) is 61.3 cm³/mol. The number of benzene rings is 1. The molecule has 0 saturated heterocycles. The van der Waals surface area contributed by atoms with Crippen LogP contribution in [-0.4, -0.2) is 16.4 Å². The topological polar surface area (TPSA) is 55.0 Å². The van der Waals surface area contributed by atoms with Crippen LogP contribution in [-0.2, 0) is 28.0 Å². The van der Waals surface area contributed by atoms with Crippen LogP contribution in [0, 0.1) is 0 Å². The average molecular weight is 228 g/mol. The first-order valence-electron chi connectivity index (χ1n) is 5.51. The molecule has 1 aromatic carbocycles. The quantitative estimate of drug-likeness (QED) is 0.811. The second-order valence-electron chi connectivity index (χ2n) is 4.29. The molecule has 3 rings (SSSR count). The highest BCUT2D eigenvalue weighted by molar-refractivity contribution is 5.44. The molecule has 1 N–H and O–H groups in total. The van der Waals surface area contributed by atoms with Crippen LogP contribution in [0.4, 0.5) is 0 Å². The minimum absolute atomic E-state index is 0.514. The van der Waals surface area contributed by atoms with Gasteiger partial charge in [0.25, 0.3) is 6.47 Å². The smallest absolute Gasteiger partial charge is 0.294 e. The monoisotopic (exact) mass is 228 g/mol. The number of imidazole rings is 1. The first-order valence-corrected chi connectivity index (χ1v) is 5.51. The van der Waals surface area contributed by atoms with E-state index in [0.29, 0.717) is 19.3 Å². The van der Waals surface area contributed by atoms with Crippen molar-refractivity contribution in [3.63, 3.8) is 0 Å². The fraction of sp³-hybridized carbons (Fsp3) is 0.231. The Hall–Kier alpha value is -2.10. The minimum atomic E-state index is -0.633. The van der Waals surface area contributed by atoms with E-state index in [1.165, 1.54) is 11.1 Å². The van der Waals surface area contributed by atoms with Crippen molar-refractivity contribution >= 4 is 6.47 Å². The first kappa shape index (κ1) is 10.1. The van der Waals surface area contributed by atoms with Crippen molar-refractivity contribution < 1.29 is 9.53 Å². The Balaban J connectivity index is 2.03. The summed E-state index contributed by atoms with van der Waals surface area (Å²) in [5, 5.41) is 0. The summed E-state index contributed by atoms with van der Waals surface area (Å²) in [5.41, 5.74) is 2.58. The van der Waals surface area contributed by atoms with E-state index in [4.69, 9.17) is 4.74 Å². The fourth-order valence-corrected chi connectivity index (χ4v) is 2.51. The van der Waals surface area contributed by atoms with Crippen LogP contribution < -0.4 is 0 Å². The summed E-state index contributed by atoms with van der Waals surface area (Å²) in [4.78, 5) is 17.9. The standard InChI is InChI=1S/C13H12N2O2/c16-9-17-13(12-7-14-8-15-12)5-10-3-1-2-4-11(10)6-13/h1-4,7-9H,5-6H2,(H,14,15). The Bertz CT molecular complexity index is 509. The van der Waals surface area contributed by atoms with E-state index in [1.807, 2.05) is 12.1 Å². The lowest BCUT2D eigenvalue weighted by molar-refractivity contribution is -0.144. The highest BCUT2D eigenvalue weighted by atomic mass is 16.5. The van der Waals surface area contributed by atoms with Crippen LogP contribution in [0.3, 0.4) is 0 Å². The summed E-state index contributed by atoms with van der Waals surface area (Å²) in [6.07, 6.45) is 4.77. The molecule has 0 fully saturated rings. The van der Waals surface area contributed by atoms with Crippen molar-refractivity contribution in [2.45, 2.75) is 18.4 Å². The van der Waals surface area contributed by atoms with Gasteiger partial charge in [-0.05, 0) is 11.1 Å². The molecule has 1 aromatic heterocycles. The third-order valence-corrected chi connectivity index (χ3v) is 3.31. The average Bonchev–Trinajstić information content (AvgIpc) is 2.96. The molecule has 1 heterocycles. The molecule has 0 saturated carbocycles. The summed E-state index contributed by atoms with van der Waals surface area (Å²) in [7, 11) is 0. The molecule has 0 aliphatic heterocycles. The second-order valence-corrected chi connectivity index (χ2v) is 4.29. The lowest BCUT2D eigenvalue weighted by atomic mass is 9.96. The van der Waals surface area contributed by atoms with Crippen molar-refractivity contribution in [3.8, 4) is 0 Å². The number of rotatable bonds is 3. The number of ether oxygens (including phenoxy) is 1. The van der Waals surface area contributed by atoms with Crippen LogP contribution in [0.1, 0.15) is 16.8 Å². The summed E-state index contributed by atoms with van der Waals surface area (Å²) >= 11 is 0. The zero-order valence-corrected chi connectivity index (χ0v) is 9.22. The molecule has 4 nitrogen and oxygen atoms in total. The molecule has 17 heavy (non-hydrogen) atoms. The molecule has 2 aromatic rings. The van der Waals surface area contributed by atoms with Gasteiger partial charge in [0.1, 0.15) is 5.69 Å². The lowest BCUT2D eigenvalue weighted by Crippen LogP contribution is -2.30. The van der Waals surface area contributed by atoms with Crippen molar-refractivity contribution in [2.75, 3.05) is 0 Å². The number of hydrogen-bond acceptors (Lipinski definition) is 3. The van der Waals surface area contributed by atoms with E-state index >= 15 is 0 Å². The van der Waals surface area contributed by atoms with E-state index in [-0.39, 0.29) is 0 Å². The van der Waals surface area contributed by atoms with Crippen LogP contribution in [0.5, 0.6) is 0 Å². The Morgan fingerprint density at radius 2 is 2.00 bits per heavy atom. The number of carbonyl (C=O) groups excluding carboxylic acids is 1. The van der Waals surface area contributed by atoms with Crippen LogP contribution in [0.2, 0.25) is 0 Å². The van der Waals surface area contributed by atoms with Crippen LogP contribution in [0.15, 0.2) is 36.8 Å². The molecular formula is C13H12N2O2. The molecular weight excluding hydrogens is 216 g/mol. The third-order valence-electron chi connectivity index (χ3n) is 3.31. The SMILES string of the molecule is O=COC1(c2c[nH]cn2)Cc2ccccc2C1. The van der Waals surface area contributed by atoms with Gasteiger partial charge in [-0.1, -0.05) is 24.3 Å². The Kier molecular flexibility index (Phi) is 2.21. The van der Waals surface area contributed by atoms with E-state index in [0.717, 1.165) is 5.69 Å². The molecule has 0 unspecified atom stereocenters. The number of aromatic amines is 1. The van der Waals surface area contributed by atoms with E-state index in [2.05, 4.69) is 22.1 Å². The molecule has 0 spiro atoms. The number of fused-ring (bicyclic) bond motifs is 1. The highest BCUT2D eigenvalue weighted by Crippen LogP contribution is 2.39. The normalized spacial score (nSPS) is 16.5. The van der Waals surface area contributed by atoms with Gasteiger partial charge < -0.3 is 9.72 Å². The Morgan fingerprint density at radius 3 is 2.53 bits per heavy atom. The van der Waals surface area contributed by atoms with Gasteiger partial charge in [-0.2, -0.15) is 0 Å². The summed E-state index contributed by atoms with van der Waals surface area (Å²) in [6.45, 7) is 0.514. The van der Waals surface area contributed by atoms with Crippen molar-refractivity contribution in [3.05, 3.63) is 53.6 Å². The Labute approximate surface area is 98.6 Å². The molecule has 1 aliphatic carbocycles. The summed E-state index contributed by atoms with van der Waals surface area (Å²) in [6, 6.07) is 8.14. The number of nitrogens with one attached hydrogen (secondary N) is 1. The highest BCUT2D eigenvalue weighted by Gasteiger charge is 2.42. The van der Waals surface area contributed by atoms with E-state index in [1.54, 1.807) is 12.5 Å².